The van der Waals surface area contributed by atoms with Gasteiger partial charge in [-0.1, -0.05) is 0 Å². The molecule has 6 nitrogen and oxygen atoms in total. The van der Waals surface area contributed by atoms with Crippen molar-refractivity contribution in [2.45, 2.75) is 51.5 Å². The fourth-order valence-corrected chi connectivity index (χ4v) is 3.73. The number of fused-ring (bicyclic) bond motifs is 2. The minimum Gasteiger partial charge on any atom is -0.368 e. The van der Waals surface area contributed by atoms with Crippen molar-refractivity contribution in [1.29, 1.82) is 0 Å². The fourth-order valence-electron chi connectivity index (χ4n) is 3.73. The summed E-state index contributed by atoms with van der Waals surface area (Å²) in [6, 6.07) is 0. The summed E-state index contributed by atoms with van der Waals surface area (Å²) in [7, 11) is 2.08. The van der Waals surface area contributed by atoms with Crippen LogP contribution >= 0.6 is 0 Å². The van der Waals surface area contributed by atoms with Crippen LogP contribution in [0.4, 0.5) is 11.8 Å². The van der Waals surface area contributed by atoms with Gasteiger partial charge in [-0.15, -0.1) is 0 Å². The summed E-state index contributed by atoms with van der Waals surface area (Å²) in [4.78, 5) is 11.1. The van der Waals surface area contributed by atoms with E-state index in [-0.39, 0.29) is 0 Å². The van der Waals surface area contributed by atoms with E-state index >= 15 is 0 Å². The molecule has 4 rings (SSSR count). The van der Waals surface area contributed by atoms with Crippen molar-refractivity contribution >= 4 is 11.8 Å². The van der Waals surface area contributed by atoms with Crippen molar-refractivity contribution < 1.29 is 0 Å². The summed E-state index contributed by atoms with van der Waals surface area (Å²) in [5, 5.41) is 7.68. The molecule has 2 aliphatic rings. The zero-order valence-corrected chi connectivity index (χ0v) is 13.0. The SMILES string of the molecule is CN(Cc1n[nH]c2c1CCC2)c1nc(N)nc2c1CCCC2. The minimum absolute atomic E-state index is 0.384. The zero-order valence-electron chi connectivity index (χ0n) is 13.0. The van der Waals surface area contributed by atoms with Crippen LogP contribution in [0.1, 0.15) is 47.5 Å². The van der Waals surface area contributed by atoms with Crippen LogP contribution in [-0.4, -0.2) is 27.2 Å². The number of hydrogen-bond donors (Lipinski definition) is 2. The van der Waals surface area contributed by atoms with Gasteiger partial charge in [-0.05, 0) is 50.5 Å². The van der Waals surface area contributed by atoms with Gasteiger partial charge in [0.15, 0.2) is 0 Å². The van der Waals surface area contributed by atoms with Crippen molar-refractivity contribution in [3.05, 3.63) is 28.2 Å². The summed E-state index contributed by atoms with van der Waals surface area (Å²) in [5.41, 5.74) is 12.2. The Bertz CT molecular complexity index is 705. The number of H-pyrrole nitrogens is 1. The number of nitrogens with zero attached hydrogens (tertiary/aromatic N) is 4. The molecule has 116 valence electrons. The van der Waals surface area contributed by atoms with E-state index in [9.17, 15) is 0 Å². The van der Waals surface area contributed by atoms with Crippen molar-refractivity contribution in [2.75, 3.05) is 17.7 Å². The number of nitrogens with one attached hydrogen (secondary N) is 1. The van der Waals surface area contributed by atoms with Gasteiger partial charge in [0.2, 0.25) is 5.95 Å². The summed E-state index contributed by atoms with van der Waals surface area (Å²) < 4.78 is 0. The largest absolute Gasteiger partial charge is 0.368 e. The molecule has 0 amide bonds. The predicted octanol–water partition coefficient (Wildman–Crippen LogP) is 1.79. The first kappa shape index (κ1) is 13.5. The summed E-state index contributed by atoms with van der Waals surface area (Å²) >= 11 is 0. The number of aromatic nitrogens is 4. The van der Waals surface area contributed by atoms with Crippen LogP contribution in [0.5, 0.6) is 0 Å². The summed E-state index contributed by atoms with van der Waals surface area (Å²) in [6.07, 6.45) is 7.96. The predicted molar refractivity (Wildman–Crippen MR) is 85.8 cm³/mol. The standard InChI is InChI=1S/C16H22N6/c1-22(9-14-10-6-4-8-13(10)20-21-14)15-11-5-2-3-7-12(11)18-16(17)19-15/h2-9H2,1H3,(H,20,21)(H2,17,18,19). The van der Waals surface area contributed by atoms with E-state index in [1.165, 1.54) is 36.1 Å². The molecule has 0 aliphatic heterocycles. The molecule has 3 N–H and O–H groups in total. The number of hydrogen-bond acceptors (Lipinski definition) is 5. The molecule has 0 radical (unpaired) electrons. The molecular weight excluding hydrogens is 276 g/mol. The van der Waals surface area contributed by atoms with Gasteiger partial charge in [0.05, 0.1) is 17.9 Å². The summed E-state index contributed by atoms with van der Waals surface area (Å²) in [6.45, 7) is 0.773. The highest BCUT2D eigenvalue weighted by Gasteiger charge is 2.23. The lowest BCUT2D eigenvalue weighted by molar-refractivity contribution is 0.659. The number of aryl methyl sites for hydroxylation is 2. The maximum absolute atomic E-state index is 5.91. The molecule has 0 bridgehead atoms. The van der Waals surface area contributed by atoms with E-state index in [0.29, 0.717) is 5.95 Å². The molecular formula is C16H22N6. The van der Waals surface area contributed by atoms with Gasteiger partial charge in [0.1, 0.15) is 5.82 Å². The molecule has 2 aromatic heterocycles. The van der Waals surface area contributed by atoms with Crippen LogP contribution in [0.15, 0.2) is 0 Å². The van der Waals surface area contributed by atoms with E-state index in [1.807, 2.05) is 0 Å². The van der Waals surface area contributed by atoms with Gasteiger partial charge in [-0.3, -0.25) is 5.10 Å². The zero-order chi connectivity index (χ0) is 15.1. The number of nitrogen functional groups attached to an aromatic ring is 1. The average Bonchev–Trinajstić information content (AvgIpc) is 3.11. The van der Waals surface area contributed by atoms with E-state index in [4.69, 9.17) is 5.73 Å². The first-order chi connectivity index (χ1) is 10.7. The van der Waals surface area contributed by atoms with Crippen LogP contribution in [0.3, 0.4) is 0 Å². The van der Waals surface area contributed by atoms with Crippen molar-refractivity contribution in [2.24, 2.45) is 0 Å². The highest BCUT2D eigenvalue weighted by atomic mass is 15.2. The molecule has 0 atom stereocenters. The molecule has 6 heteroatoms. The molecule has 2 aliphatic carbocycles. The van der Waals surface area contributed by atoms with E-state index in [2.05, 4.69) is 32.1 Å². The highest BCUT2D eigenvalue weighted by molar-refractivity contribution is 5.52. The van der Waals surface area contributed by atoms with E-state index in [0.717, 1.165) is 49.4 Å². The maximum atomic E-state index is 5.91. The topological polar surface area (TPSA) is 83.7 Å². The lowest BCUT2D eigenvalue weighted by atomic mass is 9.96. The third-order valence-electron chi connectivity index (χ3n) is 4.82. The fraction of sp³-hybridized carbons (Fsp3) is 0.562. The molecule has 2 aromatic rings. The van der Waals surface area contributed by atoms with Gasteiger partial charge in [0.25, 0.3) is 0 Å². The second-order valence-corrected chi connectivity index (χ2v) is 6.37. The quantitative estimate of drug-likeness (QED) is 0.902. The molecule has 0 spiro atoms. The van der Waals surface area contributed by atoms with Crippen LogP contribution < -0.4 is 10.6 Å². The average molecular weight is 298 g/mol. The van der Waals surface area contributed by atoms with Gasteiger partial charge in [-0.2, -0.15) is 10.1 Å². The number of nitrogens with two attached hydrogens (primary N) is 1. The Morgan fingerprint density at radius 1 is 1.05 bits per heavy atom. The maximum Gasteiger partial charge on any atom is 0.222 e. The second kappa shape index (κ2) is 5.26. The Morgan fingerprint density at radius 2 is 1.86 bits per heavy atom. The van der Waals surface area contributed by atoms with Crippen LogP contribution in [0.2, 0.25) is 0 Å². The van der Waals surface area contributed by atoms with Gasteiger partial charge >= 0.3 is 0 Å². The normalized spacial score (nSPS) is 16.4. The van der Waals surface area contributed by atoms with Crippen molar-refractivity contribution in [3.8, 4) is 0 Å². The van der Waals surface area contributed by atoms with Gasteiger partial charge in [-0.25, -0.2) is 4.98 Å². The third-order valence-corrected chi connectivity index (χ3v) is 4.82. The molecule has 22 heavy (non-hydrogen) atoms. The van der Waals surface area contributed by atoms with Crippen LogP contribution in [-0.2, 0) is 32.2 Å². The van der Waals surface area contributed by atoms with Gasteiger partial charge < -0.3 is 10.6 Å². The number of aromatic amines is 1. The first-order valence-corrected chi connectivity index (χ1v) is 8.14. The monoisotopic (exact) mass is 298 g/mol. The Morgan fingerprint density at radius 3 is 2.77 bits per heavy atom. The molecule has 0 aromatic carbocycles. The van der Waals surface area contributed by atoms with Crippen molar-refractivity contribution in [1.82, 2.24) is 20.2 Å². The Balaban J connectivity index is 1.65. The molecule has 0 saturated carbocycles. The first-order valence-electron chi connectivity index (χ1n) is 8.14. The Labute approximate surface area is 130 Å². The molecule has 0 saturated heterocycles. The molecule has 2 heterocycles. The third kappa shape index (κ3) is 2.23. The summed E-state index contributed by atoms with van der Waals surface area (Å²) in [5.74, 6) is 1.37. The van der Waals surface area contributed by atoms with Crippen LogP contribution in [0, 0.1) is 0 Å². The van der Waals surface area contributed by atoms with E-state index < -0.39 is 0 Å². The second-order valence-electron chi connectivity index (χ2n) is 6.37. The lowest BCUT2D eigenvalue weighted by Crippen LogP contribution is -2.23. The number of anilines is 2. The highest BCUT2D eigenvalue weighted by Crippen LogP contribution is 2.30. The number of rotatable bonds is 3. The van der Waals surface area contributed by atoms with Crippen LogP contribution in [0.25, 0.3) is 0 Å². The Kier molecular flexibility index (Phi) is 3.24. The van der Waals surface area contributed by atoms with Crippen molar-refractivity contribution in [3.63, 3.8) is 0 Å². The minimum atomic E-state index is 0.384. The Hall–Kier alpha value is -2.11. The lowest BCUT2D eigenvalue weighted by Gasteiger charge is -2.24. The van der Waals surface area contributed by atoms with E-state index in [1.54, 1.807) is 0 Å². The molecule has 0 unspecified atom stereocenters. The van der Waals surface area contributed by atoms with Gasteiger partial charge in [0, 0.05) is 18.3 Å². The molecule has 0 fully saturated rings. The smallest absolute Gasteiger partial charge is 0.222 e.